The zero-order valence-electron chi connectivity index (χ0n) is 12.8. The summed E-state index contributed by atoms with van der Waals surface area (Å²) in [4.78, 5) is 0. The first-order valence-corrected chi connectivity index (χ1v) is 8.85. The molecule has 3 nitrogen and oxygen atoms in total. The fourth-order valence-corrected chi connectivity index (χ4v) is 3.49. The lowest BCUT2D eigenvalue weighted by molar-refractivity contribution is 0.616. The van der Waals surface area contributed by atoms with Crippen molar-refractivity contribution in [1.82, 2.24) is 14.8 Å². The van der Waals surface area contributed by atoms with Crippen molar-refractivity contribution in [2.45, 2.75) is 17.8 Å². The van der Waals surface area contributed by atoms with Crippen LogP contribution >= 0.6 is 27.7 Å². The average Bonchev–Trinajstić information content (AvgIpc) is 2.87. The van der Waals surface area contributed by atoms with E-state index in [0.29, 0.717) is 11.3 Å². The maximum Gasteiger partial charge on any atom is 0.191 e. The summed E-state index contributed by atoms with van der Waals surface area (Å²) >= 11 is 4.74. The van der Waals surface area contributed by atoms with Gasteiger partial charge in [0.25, 0.3) is 0 Å². The molecule has 0 N–H and O–H groups in total. The van der Waals surface area contributed by atoms with Crippen LogP contribution in [0.3, 0.4) is 0 Å². The molecule has 0 bridgehead atoms. The molecule has 0 saturated carbocycles. The molecule has 1 aromatic heterocycles. The predicted molar refractivity (Wildman–Crippen MR) is 94.8 cm³/mol. The normalized spacial score (nSPS) is 11.0. The average molecular weight is 392 g/mol. The molecule has 1 heterocycles. The molecule has 0 fully saturated rings. The SMILES string of the molecule is Cc1cccc(-c2nnc(SCc3ccc(Br)cc3F)n2C)c1. The summed E-state index contributed by atoms with van der Waals surface area (Å²) in [6.07, 6.45) is 0. The van der Waals surface area contributed by atoms with Gasteiger partial charge in [0.1, 0.15) is 5.82 Å². The van der Waals surface area contributed by atoms with E-state index in [-0.39, 0.29) is 5.82 Å². The molecule has 0 unspecified atom stereocenters. The topological polar surface area (TPSA) is 30.7 Å². The smallest absolute Gasteiger partial charge is 0.191 e. The third-order valence-corrected chi connectivity index (χ3v) is 5.05. The molecular weight excluding hydrogens is 377 g/mol. The summed E-state index contributed by atoms with van der Waals surface area (Å²) in [6.45, 7) is 2.05. The molecule has 0 aliphatic carbocycles. The number of rotatable bonds is 4. The summed E-state index contributed by atoms with van der Waals surface area (Å²) in [6, 6.07) is 13.2. The number of aryl methyl sites for hydroxylation is 1. The Bertz CT molecular complexity index is 848. The van der Waals surface area contributed by atoms with Gasteiger partial charge in [0.15, 0.2) is 11.0 Å². The zero-order valence-corrected chi connectivity index (χ0v) is 15.2. The first kappa shape index (κ1) is 16.2. The van der Waals surface area contributed by atoms with Gasteiger partial charge in [0.05, 0.1) is 0 Å². The third-order valence-electron chi connectivity index (χ3n) is 3.48. The van der Waals surface area contributed by atoms with Crippen molar-refractivity contribution < 1.29 is 4.39 Å². The molecule has 0 radical (unpaired) electrons. The number of halogens is 2. The van der Waals surface area contributed by atoms with E-state index in [4.69, 9.17) is 0 Å². The zero-order chi connectivity index (χ0) is 16.4. The van der Waals surface area contributed by atoms with Crippen molar-refractivity contribution in [3.05, 3.63) is 63.9 Å². The van der Waals surface area contributed by atoms with Crippen molar-refractivity contribution in [3.8, 4) is 11.4 Å². The molecule has 2 aromatic carbocycles. The molecule has 0 atom stereocenters. The van der Waals surface area contributed by atoms with E-state index in [0.717, 1.165) is 21.0 Å². The molecular formula is C17H15BrFN3S. The lowest BCUT2D eigenvalue weighted by atomic mass is 10.1. The van der Waals surface area contributed by atoms with E-state index < -0.39 is 0 Å². The van der Waals surface area contributed by atoms with Gasteiger partial charge in [0, 0.05) is 22.8 Å². The quantitative estimate of drug-likeness (QED) is 0.587. The number of aromatic nitrogens is 3. The van der Waals surface area contributed by atoms with E-state index in [1.165, 1.54) is 23.4 Å². The lowest BCUT2D eigenvalue weighted by Crippen LogP contribution is -1.96. The van der Waals surface area contributed by atoms with Crippen LogP contribution in [0.4, 0.5) is 4.39 Å². The van der Waals surface area contributed by atoms with E-state index >= 15 is 0 Å². The highest BCUT2D eigenvalue weighted by molar-refractivity contribution is 9.10. The Morgan fingerprint density at radius 3 is 2.74 bits per heavy atom. The highest BCUT2D eigenvalue weighted by Crippen LogP contribution is 2.27. The highest BCUT2D eigenvalue weighted by Gasteiger charge is 2.12. The summed E-state index contributed by atoms with van der Waals surface area (Å²) < 4.78 is 16.6. The lowest BCUT2D eigenvalue weighted by Gasteiger charge is -2.05. The molecule has 0 aliphatic heterocycles. The van der Waals surface area contributed by atoms with E-state index in [9.17, 15) is 4.39 Å². The standard InChI is InChI=1S/C17H15BrFN3S/c1-11-4-3-5-12(8-11)16-20-21-17(22(16)2)23-10-13-6-7-14(18)9-15(13)19/h3-9H,10H2,1-2H3. The Balaban J connectivity index is 1.80. The van der Waals surface area contributed by atoms with Crippen LogP contribution in [0.15, 0.2) is 52.1 Å². The molecule has 6 heteroatoms. The van der Waals surface area contributed by atoms with Crippen molar-refractivity contribution in [2.24, 2.45) is 7.05 Å². The van der Waals surface area contributed by atoms with Crippen LogP contribution < -0.4 is 0 Å². The molecule has 0 aliphatic rings. The first-order chi connectivity index (χ1) is 11.0. The minimum Gasteiger partial charge on any atom is -0.305 e. The number of hydrogen-bond donors (Lipinski definition) is 0. The van der Waals surface area contributed by atoms with Gasteiger partial charge in [-0.2, -0.15) is 0 Å². The Morgan fingerprint density at radius 2 is 2.00 bits per heavy atom. The molecule has 3 rings (SSSR count). The van der Waals surface area contributed by atoms with Gasteiger partial charge in [-0.3, -0.25) is 0 Å². The Hall–Kier alpha value is -1.66. The fourth-order valence-electron chi connectivity index (χ4n) is 2.26. The molecule has 0 saturated heterocycles. The van der Waals surface area contributed by atoms with Gasteiger partial charge in [-0.25, -0.2) is 4.39 Å². The molecule has 0 spiro atoms. The van der Waals surface area contributed by atoms with Gasteiger partial charge < -0.3 is 4.57 Å². The number of benzene rings is 2. The highest BCUT2D eigenvalue weighted by atomic mass is 79.9. The molecule has 0 amide bonds. The van der Waals surface area contributed by atoms with Crippen molar-refractivity contribution in [3.63, 3.8) is 0 Å². The van der Waals surface area contributed by atoms with Gasteiger partial charge in [-0.15, -0.1) is 10.2 Å². The third kappa shape index (κ3) is 3.64. The Labute approximate surface area is 147 Å². The molecule has 3 aromatic rings. The number of nitrogens with zero attached hydrogens (tertiary/aromatic N) is 3. The van der Waals surface area contributed by atoms with Crippen LogP contribution in [-0.4, -0.2) is 14.8 Å². The second-order valence-corrected chi connectivity index (χ2v) is 7.12. The van der Waals surface area contributed by atoms with Crippen molar-refractivity contribution in [2.75, 3.05) is 0 Å². The maximum atomic E-state index is 13.9. The second-order valence-electron chi connectivity index (χ2n) is 5.26. The molecule has 118 valence electrons. The molecule has 23 heavy (non-hydrogen) atoms. The van der Waals surface area contributed by atoms with E-state index in [1.54, 1.807) is 6.07 Å². The largest absolute Gasteiger partial charge is 0.305 e. The predicted octanol–water partition coefficient (Wildman–Crippen LogP) is 4.98. The monoisotopic (exact) mass is 391 g/mol. The summed E-state index contributed by atoms with van der Waals surface area (Å²) in [5.74, 6) is 1.11. The summed E-state index contributed by atoms with van der Waals surface area (Å²) in [5.41, 5.74) is 2.86. The van der Waals surface area contributed by atoms with Gasteiger partial charge in [-0.05, 0) is 30.7 Å². The van der Waals surface area contributed by atoms with E-state index in [1.807, 2.05) is 42.8 Å². The summed E-state index contributed by atoms with van der Waals surface area (Å²) in [7, 11) is 1.93. The minimum atomic E-state index is -0.215. The maximum absolute atomic E-state index is 13.9. The van der Waals surface area contributed by atoms with E-state index in [2.05, 4.69) is 32.2 Å². The van der Waals surface area contributed by atoms with Crippen LogP contribution in [0.2, 0.25) is 0 Å². The van der Waals surface area contributed by atoms with Crippen molar-refractivity contribution in [1.29, 1.82) is 0 Å². The first-order valence-electron chi connectivity index (χ1n) is 7.08. The van der Waals surface area contributed by atoms with Crippen LogP contribution in [0.5, 0.6) is 0 Å². The van der Waals surface area contributed by atoms with Crippen LogP contribution in [-0.2, 0) is 12.8 Å². The van der Waals surface area contributed by atoms with Crippen LogP contribution in [0.1, 0.15) is 11.1 Å². The van der Waals surface area contributed by atoms with Gasteiger partial charge >= 0.3 is 0 Å². The van der Waals surface area contributed by atoms with Crippen LogP contribution in [0, 0.1) is 12.7 Å². The number of thioether (sulfide) groups is 1. The summed E-state index contributed by atoms with van der Waals surface area (Å²) in [5, 5.41) is 9.26. The van der Waals surface area contributed by atoms with Gasteiger partial charge in [0.2, 0.25) is 0 Å². The minimum absolute atomic E-state index is 0.215. The van der Waals surface area contributed by atoms with Crippen LogP contribution in [0.25, 0.3) is 11.4 Å². The second kappa shape index (κ2) is 6.84. The number of hydrogen-bond acceptors (Lipinski definition) is 3. The van der Waals surface area contributed by atoms with Gasteiger partial charge in [-0.1, -0.05) is 57.5 Å². The fraction of sp³-hybridized carbons (Fsp3) is 0.176. The Kier molecular flexibility index (Phi) is 4.82. The Morgan fingerprint density at radius 1 is 1.17 bits per heavy atom. The van der Waals surface area contributed by atoms with Crippen molar-refractivity contribution >= 4 is 27.7 Å².